The zero-order valence-electron chi connectivity index (χ0n) is 18.4. The Morgan fingerprint density at radius 2 is 1.63 bits per heavy atom. The number of hydrogen-bond donors (Lipinski definition) is 0. The van der Waals surface area contributed by atoms with Crippen LogP contribution in [0.2, 0.25) is 0 Å². The molecule has 0 aliphatic carbocycles. The van der Waals surface area contributed by atoms with Crippen LogP contribution in [0.15, 0.2) is 54.6 Å². The van der Waals surface area contributed by atoms with Gasteiger partial charge in [-0.1, -0.05) is 61.9 Å². The van der Waals surface area contributed by atoms with Crippen molar-refractivity contribution in [1.29, 1.82) is 0 Å². The first-order chi connectivity index (χ1) is 14.7. The van der Waals surface area contributed by atoms with Gasteiger partial charge in [-0.15, -0.1) is 0 Å². The fourth-order valence-electron chi connectivity index (χ4n) is 5.21. The lowest BCUT2D eigenvalue weighted by Gasteiger charge is -2.37. The zero-order valence-corrected chi connectivity index (χ0v) is 18.4. The quantitative estimate of drug-likeness (QED) is 0.591. The van der Waals surface area contributed by atoms with Crippen molar-refractivity contribution in [3.63, 3.8) is 0 Å². The van der Waals surface area contributed by atoms with Crippen molar-refractivity contribution < 1.29 is 4.79 Å². The van der Waals surface area contributed by atoms with E-state index in [0.717, 1.165) is 23.6 Å². The van der Waals surface area contributed by atoms with Crippen LogP contribution in [0.3, 0.4) is 0 Å². The minimum atomic E-state index is 0.115. The van der Waals surface area contributed by atoms with Gasteiger partial charge in [0.25, 0.3) is 0 Å². The largest absolute Gasteiger partial charge is 0.303 e. The summed E-state index contributed by atoms with van der Waals surface area (Å²) in [6.45, 7) is 9.71. The highest BCUT2D eigenvalue weighted by molar-refractivity contribution is 6.09. The van der Waals surface area contributed by atoms with Gasteiger partial charge in [-0.2, -0.15) is 0 Å². The van der Waals surface area contributed by atoms with E-state index in [0.29, 0.717) is 5.92 Å². The second kappa shape index (κ2) is 10.4. The average Bonchev–Trinajstić information content (AvgIpc) is 2.80. The van der Waals surface area contributed by atoms with Crippen LogP contribution < -0.4 is 0 Å². The van der Waals surface area contributed by atoms with Gasteiger partial charge in [0.15, 0.2) is 5.78 Å². The van der Waals surface area contributed by atoms with Crippen molar-refractivity contribution in [2.45, 2.75) is 44.9 Å². The Kier molecular flexibility index (Phi) is 7.35. The zero-order chi connectivity index (χ0) is 20.8. The van der Waals surface area contributed by atoms with E-state index in [2.05, 4.69) is 28.9 Å². The molecule has 2 heterocycles. The molecule has 2 atom stereocenters. The lowest BCUT2D eigenvalue weighted by atomic mass is 9.93. The van der Waals surface area contributed by atoms with Crippen LogP contribution >= 0.6 is 0 Å². The molecule has 3 heteroatoms. The first-order valence-corrected chi connectivity index (χ1v) is 11.8. The molecular weight excluding hydrogens is 368 g/mol. The number of piperidine rings is 2. The standard InChI is InChI=1S/C27H36N2O/c1-22(19-29-17-9-10-23(21-29)20-28-15-6-3-7-16-28)25-13-8-14-26(18-25)27(30)24-11-4-2-5-12-24/h2,4-5,8,11-14,18,22-23H,3,6-7,9-10,15-17,19-21H2,1H3. The number of nitrogens with zero attached hydrogens (tertiary/aromatic N) is 2. The lowest BCUT2D eigenvalue weighted by molar-refractivity contribution is 0.103. The molecular formula is C27H36N2O. The molecule has 0 bridgehead atoms. The topological polar surface area (TPSA) is 23.6 Å². The first kappa shape index (κ1) is 21.3. The van der Waals surface area contributed by atoms with Crippen LogP contribution in [0, 0.1) is 5.92 Å². The van der Waals surface area contributed by atoms with Crippen LogP contribution in [-0.4, -0.2) is 54.9 Å². The third-order valence-electron chi connectivity index (χ3n) is 6.85. The van der Waals surface area contributed by atoms with Crippen molar-refractivity contribution in [3.8, 4) is 0 Å². The van der Waals surface area contributed by atoms with E-state index >= 15 is 0 Å². The molecule has 4 rings (SSSR count). The monoisotopic (exact) mass is 404 g/mol. The molecule has 2 aromatic carbocycles. The van der Waals surface area contributed by atoms with Gasteiger partial charge in [-0.3, -0.25) is 4.79 Å². The van der Waals surface area contributed by atoms with E-state index < -0.39 is 0 Å². The molecule has 0 spiro atoms. The normalized spacial score (nSPS) is 22.0. The van der Waals surface area contributed by atoms with E-state index in [1.54, 1.807) is 0 Å². The molecule has 160 valence electrons. The van der Waals surface area contributed by atoms with Gasteiger partial charge in [0.1, 0.15) is 0 Å². The van der Waals surface area contributed by atoms with Gasteiger partial charge in [-0.05, 0) is 68.8 Å². The van der Waals surface area contributed by atoms with Crippen LogP contribution in [0.4, 0.5) is 0 Å². The van der Waals surface area contributed by atoms with Gasteiger partial charge < -0.3 is 9.80 Å². The second-order valence-corrected chi connectivity index (χ2v) is 9.35. The maximum Gasteiger partial charge on any atom is 0.193 e. The van der Waals surface area contributed by atoms with Crippen molar-refractivity contribution >= 4 is 5.78 Å². The Bertz CT molecular complexity index is 813. The number of rotatable bonds is 7. The Morgan fingerprint density at radius 1 is 0.900 bits per heavy atom. The summed E-state index contributed by atoms with van der Waals surface area (Å²) in [5, 5.41) is 0. The fraction of sp³-hybridized carbons (Fsp3) is 0.519. The summed E-state index contributed by atoms with van der Waals surface area (Å²) in [6.07, 6.45) is 6.87. The number of ketones is 1. The van der Waals surface area contributed by atoms with Gasteiger partial charge in [0.2, 0.25) is 0 Å². The maximum absolute atomic E-state index is 12.8. The highest BCUT2D eigenvalue weighted by atomic mass is 16.1. The van der Waals surface area contributed by atoms with Crippen LogP contribution in [0.25, 0.3) is 0 Å². The molecule has 2 saturated heterocycles. The van der Waals surface area contributed by atoms with E-state index in [9.17, 15) is 4.79 Å². The lowest BCUT2D eigenvalue weighted by Crippen LogP contribution is -2.43. The molecule has 2 aliphatic heterocycles. The maximum atomic E-state index is 12.8. The predicted molar refractivity (Wildman–Crippen MR) is 124 cm³/mol. The number of benzene rings is 2. The molecule has 0 amide bonds. The van der Waals surface area contributed by atoms with Crippen LogP contribution in [0.1, 0.15) is 66.4 Å². The van der Waals surface area contributed by atoms with Gasteiger partial charge in [0, 0.05) is 30.8 Å². The summed E-state index contributed by atoms with van der Waals surface area (Å²) in [5.74, 6) is 1.36. The van der Waals surface area contributed by atoms with E-state index in [1.807, 2.05) is 42.5 Å². The molecule has 2 aromatic rings. The Labute approximate surface area is 182 Å². The van der Waals surface area contributed by atoms with Crippen LogP contribution in [-0.2, 0) is 0 Å². The Morgan fingerprint density at radius 3 is 2.43 bits per heavy atom. The third kappa shape index (κ3) is 5.59. The van der Waals surface area contributed by atoms with Crippen molar-refractivity contribution in [2.24, 2.45) is 5.92 Å². The van der Waals surface area contributed by atoms with Crippen molar-refractivity contribution in [1.82, 2.24) is 9.80 Å². The average molecular weight is 405 g/mol. The molecule has 30 heavy (non-hydrogen) atoms. The van der Waals surface area contributed by atoms with Gasteiger partial charge >= 0.3 is 0 Å². The summed E-state index contributed by atoms with van der Waals surface area (Å²) in [6, 6.07) is 17.9. The molecule has 2 fully saturated rings. The summed E-state index contributed by atoms with van der Waals surface area (Å²) in [7, 11) is 0. The molecule has 0 saturated carbocycles. The summed E-state index contributed by atoms with van der Waals surface area (Å²) in [4.78, 5) is 18.2. The van der Waals surface area contributed by atoms with E-state index in [1.165, 1.54) is 70.4 Å². The molecule has 3 nitrogen and oxygen atoms in total. The van der Waals surface area contributed by atoms with Gasteiger partial charge in [0.05, 0.1) is 0 Å². The highest BCUT2D eigenvalue weighted by Crippen LogP contribution is 2.24. The summed E-state index contributed by atoms with van der Waals surface area (Å²) >= 11 is 0. The van der Waals surface area contributed by atoms with E-state index in [4.69, 9.17) is 0 Å². The minimum absolute atomic E-state index is 0.115. The van der Waals surface area contributed by atoms with Crippen LogP contribution in [0.5, 0.6) is 0 Å². The fourth-order valence-corrected chi connectivity index (χ4v) is 5.21. The third-order valence-corrected chi connectivity index (χ3v) is 6.85. The molecule has 0 aromatic heterocycles. The van der Waals surface area contributed by atoms with Crippen molar-refractivity contribution in [2.75, 3.05) is 39.3 Å². The first-order valence-electron chi connectivity index (χ1n) is 11.8. The van der Waals surface area contributed by atoms with Crippen molar-refractivity contribution in [3.05, 3.63) is 71.3 Å². The summed E-state index contributed by atoms with van der Waals surface area (Å²) < 4.78 is 0. The number of likely N-dealkylation sites (tertiary alicyclic amines) is 2. The SMILES string of the molecule is CC(CN1CCCC(CN2CCCCC2)C1)c1cccc(C(=O)c2ccccc2)c1. The molecule has 0 N–H and O–H groups in total. The van der Waals surface area contributed by atoms with E-state index in [-0.39, 0.29) is 5.78 Å². The van der Waals surface area contributed by atoms with Gasteiger partial charge in [-0.25, -0.2) is 0 Å². The number of hydrogen-bond acceptors (Lipinski definition) is 3. The second-order valence-electron chi connectivity index (χ2n) is 9.35. The number of carbonyl (C=O) groups excluding carboxylic acids is 1. The molecule has 2 unspecified atom stereocenters. The highest BCUT2D eigenvalue weighted by Gasteiger charge is 2.24. The Balaban J connectivity index is 1.35. The molecule has 0 radical (unpaired) electrons. The molecule has 2 aliphatic rings. The summed E-state index contributed by atoms with van der Waals surface area (Å²) in [5.41, 5.74) is 2.83. The smallest absolute Gasteiger partial charge is 0.193 e. The number of carbonyl (C=O) groups is 1. The predicted octanol–water partition coefficient (Wildman–Crippen LogP) is 5.22. The minimum Gasteiger partial charge on any atom is -0.303 e. The Hall–Kier alpha value is -1.97.